The van der Waals surface area contributed by atoms with Crippen LogP contribution in [0.1, 0.15) is 60.3 Å². The smallest absolute Gasteiger partial charge is 0.326 e. The number of aliphatic carboxylic acids is 2. The van der Waals surface area contributed by atoms with Crippen LogP contribution in [0.15, 0.2) is 0 Å². The third kappa shape index (κ3) is 10.2. The highest BCUT2D eigenvalue weighted by atomic mass is 16.4. The number of nitrogens with two attached hydrogens (primary N) is 1. The summed E-state index contributed by atoms with van der Waals surface area (Å²) in [6.45, 7) is 8.15. The normalized spacial score (nSPS) is 17.4. The fraction of sp³-hybridized carbons (Fsp3) is 0.762. The van der Waals surface area contributed by atoms with Gasteiger partial charge in [0.2, 0.25) is 17.7 Å². The van der Waals surface area contributed by atoms with Crippen LogP contribution in [0.3, 0.4) is 0 Å². The zero-order valence-electron chi connectivity index (χ0n) is 19.8. The molecule has 3 amide bonds. The molecule has 0 fully saturated rings. The van der Waals surface area contributed by atoms with Gasteiger partial charge in [0.05, 0.1) is 12.1 Å². The number of carboxylic acids is 2. The average molecular weight is 475 g/mol. The Morgan fingerprint density at radius 2 is 1.18 bits per heavy atom. The van der Waals surface area contributed by atoms with E-state index < -0.39 is 65.8 Å². The number of aliphatic hydroxyl groups is 1. The van der Waals surface area contributed by atoms with Gasteiger partial charge in [0.1, 0.15) is 18.1 Å². The van der Waals surface area contributed by atoms with Crippen LogP contribution in [-0.4, -0.2) is 75.3 Å². The van der Waals surface area contributed by atoms with Crippen molar-refractivity contribution in [3.05, 3.63) is 0 Å². The molecule has 0 aromatic heterocycles. The Labute approximate surface area is 193 Å². The van der Waals surface area contributed by atoms with Gasteiger partial charge in [0.25, 0.3) is 0 Å². The highest BCUT2D eigenvalue weighted by Gasteiger charge is 2.35. The molecule has 0 heterocycles. The number of hydrogen-bond acceptors (Lipinski definition) is 7. The Bertz CT molecular complexity index is 700. The van der Waals surface area contributed by atoms with Gasteiger partial charge in [-0.05, 0) is 25.2 Å². The molecule has 0 saturated carbocycles. The summed E-state index contributed by atoms with van der Waals surface area (Å²) < 4.78 is 0. The second-order valence-electron chi connectivity index (χ2n) is 8.35. The summed E-state index contributed by atoms with van der Waals surface area (Å²) in [5, 5.41) is 35.4. The van der Waals surface area contributed by atoms with Gasteiger partial charge in [-0.15, -0.1) is 0 Å². The third-order valence-electron chi connectivity index (χ3n) is 5.64. The van der Waals surface area contributed by atoms with Crippen LogP contribution in [0.4, 0.5) is 0 Å². The molecule has 0 bridgehead atoms. The van der Waals surface area contributed by atoms with Gasteiger partial charge >= 0.3 is 11.9 Å². The summed E-state index contributed by atoms with van der Waals surface area (Å²) in [6.07, 6.45) is -0.844. The summed E-state index contributed by atoms with van der Waals surface area (Å²) in [6, 6.07) is -4.94. The lowest BCUT2D eigenvalue weighted by atomic mass is 9.96. The number of carbonyl (C=O) groups excluding carboxylic acids is 3. The molecule has 7 atom stereocenters. The second kappa shape index (κ2) is 14.4. The quantitative estimate of drug-likeness (QED) is 0.158. The maximum absolute atomic E-state index is 12.9. The first-order chi connectivity index (χ1) is 15.3. The molecule has 0 spiro atoms. The number of nitrogens with one attached hydrogen (secondary N) is 3. The van der Waals surface area contributed by atoms with Crippen LogP contribution in [0.2, 0.25) is 0 Å². The Kier molecular flexibility index (Phi) is 13.2. The lowest BCUT2D eigenvalue weighted by molar-refractivity contribution is -0.144. The molecule has 33 heavy (non-hydrogen) atoms. The van der Waals surface area contributed by atoms with E-state index in [1.165, 1.54) is 6.92 Å². The van der Waals surface area contributed by atoms with E-state index in [0.29, 0.717) is 12.8 Å². The number of rotatable bonds is 15. The van der Waals surface area contributed by atoms with E-state index >= 15 is 0 Å². The topological polar surface area (TPSA) is 208 Å². The van der Waals surface area contributed by atoms with Crippen molar-refractivity contribution < 1.29 is 39.3 Å². The number of carboxylic acid groups (broad SMARTS) is 2. The second-order valence-corrected chi connectivity index (χ2v) is 8.35. The van der Waals surface area contributed by atoms with E-state index in [1.54, 1.807) is 27.7 Å². The van der Waals surface area contributed by atoms with Crippen molar-refractivity contribution in [2.45, 2.75) is 90.6 Å². The fourth-order valence-electron chi connectivity index (χ4n) is 2.95. The van der Waals surface area contributed by atoms with Gasteiger partial charge in [-0.3, -0.25) is 19.2 Å². The third-order valence-corrected chi connectivity index (χ3v) is 5.64. The molecular formula is C21H38N4O8. The maximum Gasteiger partial charge on any atom is 0.326 e. The predicted octanol–water partition coefficient (Wildman–Crippen LogP) is -0.809. The molecule has 0 aromatic carbocycles. The van der Waals surface area contributed by atoms with E-state index in [-0.39, 0.29) is 18.8 Å². The van der Waals surface area contributed by atoms with Gasteiger partial charge in [-0.2, -0.15) is 0 Å². The summed E-state index contributed by atoms with van der Waals surface area (Å²) in [5.41, 5.74) is 5.71. The average Bonchev–Trinajstić information content (AvgIpc) is 2.75. The molecule has 0 radical (unpaired) electrons. The molecule has 0 aromatic rings. The van der Waals surface area contributed by atoms with Gasteiger partial charge < -0.3 is 37.0 Å². The van der Waals surface area contributed by atoms with Crippen molar-refractivity contribution in [3.63, 3.8) is 0 Å². The number of aliphatic hydroxyl groups excluding tert-OH is 1. The zero-order valence-corrected chi connectivity index (χ0v) is 19.8. The summed E-state index contributed by atoms with van der Waals surface area (Å²) >= 11 is 0. The van der Waals surface area contributed by atoms with Crippen LogP contribution < -0.4 is 21.7 Å². The number of carbonyl (C=O) groups is 5. The van der Waals surface area contributed by atoms with Crippen LogP contribution >= 0.6 is 0 Å². The Morgan fingerprint density at radius 3 is 1.61 bits per heavy atom. The molecule has 0 aliphatic heterocycles. The van der Waals surface area contributed by atoms with Crippen LogP contribution in [0.5, 0.6) is 0 Å². The van der Waals surface area contributed by atoms with E-state index in [9.17, 15) is 34.2 Å². The molecule has 0 saturated heterocycles. The van der Waals surface area contributed by atoms with E-state index in [0.717, 1.165) is 0 Å². The molecule has 8 N–H and O–H groups in total. The van der Waals surface area contributed by atoms with Gasteiger partial charge in [-0.1, -0.05) is 40.5 Å². The molecular weight excluding hydrogens is 436 g/mol. The van der Waals surface area contributed by atoms with Crippen LogP contribution in [0, 0.1) is 11.8 Å². The zero-order chi connectivity index (χ0) is 25.9. The van der Waals surface area contributed by atoms with Crippen molar-refractivity contribution in [1.29, 1.82) is 0 Å². The number of amides is 3. The van der Waals surface area contributed by atoms with Crippen LogP contribution in [0.25, 0.3) is 0 Å². The minimum Gasteiger partial charge on any atom is -0.481 e. The van der Waals surface area contributed by atoms with Gasteiger partial charge in [0.15, 0.2) is 0 Å². The highest BCUT2D eigenvalue weighted by Crippen LogP contribution is 2.11. The Morgan fingerprint density at radius 1 is 0.758 bits per heavy atom. The minimum atomic E-state index is -1.47. The van der Waals surface area contributed by atoms with Crippen molar-refractivity contribution in [2.75, 3.05) is 0 Å². The minimum absolute atomic E-state index is 0.124. The summed E-state index contributed by atoms with van der Waals surface area (Å²) in [7, 11) is 0. The van der Waals surface area contributed by atoms with Crippen molar-refractivity contribution in [1.82, 2.24) is 16.0 Å². The molecule has 12 nitrogen and oxygen atoms in total. The van der Waals surface area contributed by atoms with E-state index in [4.69, 9.17) is 10.8 Å². The lowest BCUT2D eigenvalue weighted by Gasteiger charge is -2.29. The van der Waals surface area contributed by atoms with Crippen molar-refractivity contribution >= 4 is 29.7 Å². The fourth-order valence-corrected chi connectivity index (χ4v) is 2.95. The van der Waals surface area contributed by atoms with Gasteiger partial charge in [0, 0.05) is 6.42 Å². The lowest BCUT2D eigenvalue weighted by Crippen LogP contribution is -2.61. The monoisotopic (exact) mass is 474 g/mol. The van der Waals surface area contributed by atoms with Crippen molar-refractivity contribution in [2.24, 2.45) is 17.6 Å². The highest BCUT2D eigenvalue weighted by molar-refractivity contribution is 5.94. The number of hydrogen-bond donors (Lipinski definition) is 7. The van der Waals surface area contributed by atoms with Crippen LogP contribution in [-0.2, 0) is 24.0 Å². The molecule has 0 aliphatic carbocycles. The first-order valence-electron chi connectivity index (χ1n) is 11.1. The largest absolute Gasteiger partial charge is 0.481 e. The molecule has 190 valence electrons. The summed E-state index contributed by atoms with van der Waals surface area (Å²) in [5.74, 6) is -5.50. The summed E-state index contributed by atoms with van der Waals surface area (Å²) in [4.78, 5) is 60.2. The first kappa shape index (κ1) is 30.3. The predicted molar refractivity (Wildman–Crippen MR) is 119 cm³/mol. The van der Waals surface area contributed by atoms with Gasteiger partial charge in [-0.25, -0.2) is 4.79 Å². The van der Waals surface area contributed by atoms with E-state index in [2.05, 4.69) is 16.0 Å². The molecule has 12 heteroatoms. The standard InChI is InChI=1S/C21H38N4O8/c1-6-10(3)15(23-18(29)13(22)8-9-14(27)28)19(30)25-17(12(5)26)20(31)24-16(21(32)33)11(4)7-2/h10-13,15-17,26H,6-9,22H2,1-5H3,(H,23,29)(H,24,31)(H,25,30)(H,27,28)(H,32,33). The Hall–Kier alpha value is -2.73. The maximum atomic E-state index is 12.9. The van der Waals surface area contributed by atoms with Crippen molar-refractivity contribution in [3.8, 4) is 0 Å². The first-order valence-corrected chi connectivity index (χ1v) is 11.1. The molecule has 0 rings (SSSR count). The SMILES string of the molecule is CCC(C)C(NC(=O)C(NC(=O)C(NC(=O)C(N)CCC(=O)O)C(C)CC)C(C)O)C(=O)O. The molecule has 7 unspecified atom stereocenters. The Balaban J connectivity index is 5.49. The molecule has 0 aliphatic rings. The van der Waals surface area contributed by atoms with E-state index in [1.807, 2.05) is 0 Å².